The van der Waals surface area contributed by atoms with E-state index in [4.69, 9.17) is 4.74 Å². The number of hydrogen-bond donors (Lipinski definition) is 2. The van der Waals surface area contributed by atoms with E-state index < -0.39 is 0 Å². The summed E-state index contributed by atoms with van der Waals surface area (Å²) >= 11 is 0. The Balaban J connectivity index is 0.00000242. The maximum Gasteiger partial charge on any atom is 0.238 e. The molecule has 0 aliphatic carbocycles. The molecule has 2 rings (SSSR count). The number of anilines is 1. The van der Waals surface area contributed by atoms with E-state index in [9.17, 15) is 4.79 Å². The van der Waals surface area contributed by atoms with E-state index in [1.807, 2.05) is 19.1 Å². The molecule has 0 radical (unpaired) electrons. The number of amides is 1. The lowest BCUT2D eigenvalue weighted by molar-refractivity contribution is -0.115. The van der Waals surface area contributed by atoms with Crippen LogP contribution in [-0.4, -0.2) is 31.7 Å². The van der Waals surface area contributed by atoms with Crippen LogP contribution in [0.5, 0.6) is 0 Å². The van der Waals surface area contributed by atoms with E-state index in [-0.39, 0.29) is 24.4 Å². The molecule has 124 valence electrons. The van der Waals surface area contributed by atoms with E-state index in [0.29, 0.717) is 12.5 Å². The third-order valence-electron chi connectivity index (χ3n) is 3.87. The average molecular weight is 327 g/mol. The number of halogens is 1. The zero-order valence-electron chi connectivity index (χ0n) is 13.6. The first kappa shape index (κ1) is 18.9. The zero-order valence-corrected chi connectivity index (χ0v) is 14.5. The highest BCUT2D eigenvalue weighted by Crippen LogP contribution is 2.27. The smallest absolute Gasteiger partial charge is 0.238 e. The molecule has 1 atom stereocenters. The Kier molecular flexibility index (Phi) is 7.87. The molecule has 1 aromatic rings. The number of benzene rings is 1. The Labute approximate surface area is 139 Å². The second-order valence-corrected chi connectivity index (χ2v) is 6.01. The maximum atomic E-state index is 12.1. The van der Waals surface area contributed by atoms with Gasteiger partial charge in [-0.2, -0.15) is 0 Å². The van der Waals surface area contributed by atoms with Gasteiger partial charge in [-0.25, -0.2) is 0 Å². The topological polar surface area (TPSA) is 50.4 Å². The predicted octanol–water partition coefficient (Wildman–Crippen LogP) is 3.25. The van der Waals surface area contributed by atoms with Crippen LogP contribution in [0, 0.1) is 6.92 Å². The lowest BCUT2D eigenvalue weighted by Gasteiger charge is -2.17. The van der Waals surface area contributed by atoms with Crippen molar-refractivity contribution < 1.29 is 9.53 Å². The molecule has 22 heavy (non-hydrogen) atoms. The number of aryl methyl sites for hydroxylation is 1. The molecule has 1 saturated heterocycles. The summed E-state index contributed by atoms with van der Waals surface area (Å²) in [6.07, 6.45) is 2.48. The van der Waals surface area contributed by atoms with Crippen molar-refractivity contribution in [1.82, 2.24) is 5.32 Å². The lowest BCUT2D eigenvalue weighted by atomic mass is 9.98. The number of carbonyl (C=O) groups excluding carboxylic acids is 1. The minimum Gasteiger partial charge on any atom is -0.377 e. The molecule has 2 N–H and O–H groups in total. The quantitative estimate of drug-likeness (QED) is 0.843. The van der Waals surface area contributed by atoms with Gasteiger partial charge < -0.3 is 15.4 Å². The molecule has 1 heterocycles. The minimum absolute atomic E-state index is 0. The van der Waals surface area contributed by atoms with Crippen LogP contribution >= 0.6 is 12.4 Å². The molecular weight excluding hydrogens is 300 g/mol. The van der Waals surface area contributed by atoms with Crippen LogP contribution in [0.15, 0.2) is 18.2 Å². The predicted molar refractivity (Wildman–Crippen MR) is 93.0 cm³/mol. The van der Waals surface area contributed by atoms with Crippen molar-refractivity contribution in [1.29, 1.82) is 0 Å². The van der Waals surface area contributed by atoms with Gasteiger partial charge in [0.15, 0.2) is 0 Å². The molecule has 1 aliphatic heterocycles. The molecule has 0 bridgehead atoms. The number of hydrogen-bond acceptors (Lipinski definition) is 3. The van der Waals surface area contributed by atoms with Crippen molar-refractivity contribution in [2.75, 3.05) is 25.0 Å². The SMILES string of the molecule is Cc1cccc(C(C)C)c1NC(=O)CNCC1CCCO1.Cl. The lowest BCUT2D eigenvalue weighted by Crippen LogP contribution is -2.33. The van der Waals surface area contributed by atoms with Gasteiger partial charge >= 0.3 is 0 Å². The first-order valence-electron chi connectivity index (χ1n) is 7.79. The fourth-order valence-electron chi connectivity index (χ4n) is 2.68. The summed E-state index contributed by atoms with van der Waals surface area (Å²) in [5, 5.41) is 6.22. The molecule has 0 saturated carbocycles. The Morgan fingerprint density at radius 3 is 2.82 bits per heavy atom. The summed E-state index contributed by atoms with van der Waals surface area (Å²) in [4.78, 5) is 12.1. The number of ether oxygens (including phenoxy) is 1. The molecular formula is C17H27ClN2O2. The highest BCUT2D eigenvalue weighted by molar-refractivity contribution is 5.93. The monoisotopic (exact) mass is 326 g/mol. The van der Waals surface area contributed by atoms with Crippen molar-refractivity contribution in [3.8, 4) is 0 Å². The van der Waals surface area contributed by atoms with Crippen LogP contribution in [-0.2, 0) is 9.53 Å². The second-order valence-electron chi connectivity index (χ2n) is 6.01. The molecule has 0 spiro atoms. The van der Waals surface area contributed by atoms with Crippen LogP contribution < -0.4 is 10.6 Å². The first-order chi connectivity index (χ1) is 10.1. The van der Waals surface area contributed by atoms with Gasteiger partial charge in [0.1, 0.15) is 0 Å². The van der Waals surface area contributed by atoms with Gasteiger partial charge in [0, 0.05) is 18.8 Å². The minimum atomic E-state index is 0. The Bertz CT molecular complexity index is 486. The Hall–Kier alpha value is -1.10. The summed E-state index contributed by atoms with van der Waals surface area (Å²) in [7, 11) is 0. The van der Waals surface area contributed by atoms with Crippen molar-refractivity contribution >= 4 is 24.0 Å². The molecule has 4 nitrogen and oxygen atoms in total. The summed E-state index contributed by atoms with van der Waals surface area (Å²) < 4.78 is 5.53. The van der Waals surface area contributed by atoms with E-state index in [0.717, 1.165) is 37.2 Å². The molecule has 5 heteroatoms. The van der Waals surface area contributed by atoms with Gasteiger partial charge in [-0.15, -0.1) is 12.4 Å². The van der Waals surface area contributed by atoms with Gasteiger partial charge in [0.25, 0.3) is 0 Å². The molecule has 1 aliphatic rings. The third kappa shape index (κ3) is 5.27. The third-order valence-corrected chi connectivity index (χ3v) is 3.87. The van der Waals surface area contributed by atoms with Crippen LogP contribution in [0.1, 0.15) is 43.7 Å². The van der Waals surface area contributed by atoms with Crippen molar-refractivity contribution in [2.24, 2.45) is 0 Å². The average Bonchev–Trinajstić information content (AvgIpc) is 2.94. The summed E-state index contributed by atoms with van der Waals surface area (Å²) in [5.41, 5.74) is 3.24. The highest BCUT2D eigenvalue weighted by Gasteiger charge is 2.16. The molecule has 1 aromatic carbocycles. The second kappa shape index (κ2) is 9.13. The fourth-order valence-corrected chi connectivity index (χ4v) is 2.68. The Morgan fingerprint density at radius 2 is 2.18 bits per heavy atom. The normalized spacial score (nSPS) is 17.4. The van der Waals surface area contributed by atoms with Crippen molar-refractivity contribution in [3.05, 3.63) is 29.3 Å². The number of rotatable bonds is 6. The van der Waals surface area contributed by atoms with Gasteiger partial charge in [-0.1, -0.05) is 32.0 Å². The van der Waals surface area contributed by atoms with E-state index in [1.54, 1.807) is 0 Å². The highest BCUT2D eigenvalue weighted by atomic mass is 35.5. The van der Waals surface area contributed by atoms with Gasteiger partial charge in [0.05, 0.1) is 12.6 Å². The van der Waals surface area contributed by atoms with Crippen LogP contribution in [0.25, 0.3) is 0 Å². The largest absolute Gasteiger partial charge is 0.377 e. The van der Waals surface area contributed by atoms with Crippen molar-refractivity contribution in [2.45, 2.75) is 45.6 Å². The summed E-state index contributed by atoms with van der Waals surface area (Å²) in [6, 6.07) is 6.14. The van der Waals surface area contributed by atoms with Gasteiger partial charge in [-0.3, -0.25) is 4.79 Å². The molecule has 1 amide bonds. The van der Waals surface area contributed by atoms with Gasteiger partial charge in [0.2, 0.25) is 5.91 Å². The van der Waals surface area contributed by atoms with E-state index in [1.165, 1.54) is 5.56 Å². The van der Waals surface area contributed by atoms with Crippen LogP contribution in [0.3, 0.4) is 0 Å². The Morgan fingerprint density at radius 1 is 1.41 bits per heavy atom. The number of carbonyl (C=O) groups is 1. The standard InChI is InChI=1S/C17H26N2O2.ClH/c1-12(2)15-8-4-6-13(3)17(15)19-16(20)11-18-10-14-7-5-9-21-14;/h4,6,8,12,14,18H,5,7,9-11H2,1-3H3,(H,19,20);1H. The molecule has 1 unspecified atom stereocenters. The van der Waals surface area contributed by atoms with Crippen LogP contribution in [0.2, 0.25) is 0 Å². The number of nitrogens with one attached hydrogen (secondary N) is 2. The molecule has 1 fully saturated rings. The van der Waals surface area contributed by atoms with E-state index >= 15 is 0 Å². The molecule has 0 aromatic heterocycles. The van der Waals surface area contributed by atoms with E-state index in [2.05, 4.69) is 30.5 Å². The zero-order chi connectivity index (χ0) is 15.2. The van der Waals surface area contributed by atoms with Gasteiger partial charge in [-0.05, 0) is 36.8 Å². The van der Waals surface area contributed by atoms with Crippen LogP contribution in [0.4, 0.5) is 5.69 Å². The summed E-state index contributed by atoms with van der Waals surface area (Å²) in [5.74, 6) is 0.393. The first-order valence-corrected chi connectivity index (χ1v) is 7.79. The summed E-state index contributed by atoms with van der Waals surface area (Å²) in [6.45, 7) is 8.23. The maximum absolute atomic E-state index is 12.1. The van der Waals surface area contributed by atoms with Crippen molar-refractivity contribution in [3.63, 3.8) is 0 Å². The number of para-hydroxylation sites is 1. The fraction of sp³-hybridized carbons (Fsp3) is 0.588.